The quantitative estimate of drug-likeness (QED) is 0.836. The van der Waals surface area contributed by atoms with Gasteiger partial charge >= 0.3 is 0 Å². The smallest absolute Gasteiger partial charge is 0.240 e. The molecule has 0 saturated heterocycles. The van der Waals surface area contributed by atoms with Gasteiger partial charge in [0.1, 0.15) is 13.2 Å². The van der Waals surface area contributed by atoms with E-state index in [0.717, 1.165) is 19.3 Å². The molecule has 0 aromatic heterocycles. The van der Waals surface area contributed by atoms with Crippen LogP contribution in [-0.2, 0) is 10.0 Å². The predicted octanol–water partition coefficient (Wildman–Crippen LogP) is 2.95. The Bertz CT molecular complexity index is 598. The van der Waals surface area contributed by atoms with Crippen molar-refractivity contribution >= 4 is 10.0 Å². The van der Waals surface area contributed by atoms with Crippen LogP contribution in [0, 0.1) is 5.92 Å². The van der Waals surface area contributed by atoms with E-state index in [0.29, 0.717) is 30.6 Å². The van der Waals surface area contributed by atoms with Crippen LogP contribution in [0.4, 0.5) is 0 Å². The van der Waals surface area contributed by atoms with E-state index in [1.807, 2.05) is 6.92 Å². The summed E-state index contributed by atoms with van der Waals surface area (Å²) in [5.74, 6) is 1.72. The maximum atomic E-state index is 12.4. The fourth-order valence-corrected chi connectivity index (χ4v) is 3.71. The second kappa shape index (κ2) is 7.33. The number of ether oxygens (including phenoxy) is 2. The highest BCUT2D eigenvalue weighted by molar-refractivity contribution is 7.89. The lowest BCUT2D eigenvalue weighted by molar-refractivity contribution is 0.171. The van der Waals surface area contributed by atoms with Gasteiger partial charge in [0.05, 0.1) is 4.90 Å². The van der Waals surface area contributed by atoms with Crippen LogP contribution in [0.2, 0.25) is 0 Å². The molecule has 1 atom stereocenters. The van der Waals surface area contributed by atoms with Crippen molar-refractivity contribution in [3.63, 3.8) is 0 Å². The molecule has 1 aromatic carbocycles. The normalized spacial score (nSPS) is 15.8. The maximum Gasteiger partial charge on any atom is 0.240 e. The molecule has 0 spiro atoms. The zero-order valence-corrected chi connectivity index (χ0v) is 14.3. The minimum Gasteiger partial charge on any atom is -0.486 e. The number of rotatable bonds is 7. The SMILES string of the molecule is CC(C)CCC[C@@H](C)NS(=O)(=O)c1ccc2c(c1)OCCO2. The van der Waals surface area contributed by atoms with Gasteiger partial charge in [-0.15, -0.1) is 0 Å². The molecule has 2 rings (SSSR count). The zero-order chi connectivity index (χ0) is 16.2. The number of hydrogen-bond acceptors (Lipinski definition) is 4. The van der Waals surface area contributed by atoms with E-state index < -0.39 is 10.0 Å². The molecule has 124 valence electrons. The molecule has 0 radical (unpaired) electrons. The zero-order valence-electron chi connectivity index (χ0n) is 13.5. The van der Waals surface area contributed by atoms with Gasteiger partial charge in [0.25, 0.3) is 0 Å². The summed E-state index contributed by atoms with van der Waals surface area (Å²) in [6.07, 6.45) is 2.96. The highest BCUT2D eigenvalue weighted by Crippen LogP contribution is 2.32. The van der Waals surface area contributed by atoms with E-state index in [9.17, 15) is 8.42 Å². The molecule has 0 saturated carbocycles. The van der Waals surface area contributed by atoms with E-state index in [1.165, 1.54) is 6.07 Å². The topological polar surface area (TPSA) is 64.6 Å². The van der Waals surface area contributed by atoms with Crippen LogP contribution in [0.1, 0.15) is 40.0 Å². The lowest BCUT2D eigenvalue weighted by Crippen LogP contribution is -2.32. The van der Waals surface area contributed by atoms with Crippen molar-refractivity contribution in [1.29, 1.82) is 0 Å². The third-order valence-electron chi connectivity index (χ3n) is 3.60. The minimum absolute atomic E-state index is 0.0862. The van der Waals surface area contributed by atoms with Crippen molar-refractivity contribution < 1.29 is 17.9 Å². The Balaban J connectivity index is 2.00. The van der Waals surface area contributed by atoms with Crippen molar-refractivity contribution in [1.82, 2.24) is 4.72 Å². The van der Waals surface area contributed by atoms with E-state index in [4.69, 9.17) is 9.47 Å². The molecule has 0 aliphatic carbocycles. The Morgan fingerprint density at radius 3 is 2.45 bits per heavy atom. The Hall–Kier alpha value is -1.27. The maximum absolute atomic E-state index is 12.4. The number of nitrogens with one attached hydrogen (secondary N) is 1. The van der Waals surface area contributed by atoms with Gasteiger partial charge in [-0.25, -0.2) is 13.1 Å². The number of benzene rings is 1. The van der Waals surface area contributed by atoms with Crippen LogP contribution in [0.3, 0.4) is 0 Å². The van der Waals surface area contributed by atoms with Gasteiger partial charge in [0.2, 0.25) is 10.0 Å². The van der Waals surface area contributed by atoms with Crippen molar-refractivity contribution in [2.45, 2.75) is 51.0 Å². The average molecular weight is 327 g/mol. The number of sulfonamides is 1. The highest BCUT2D eigenvalue weighted by atomic mass is 32.2. The van der Waals surface area contributed by atoms with Crippen molar-refractivity contribution in [2.75, 3.05) is 13.2 Å². The molecule has 0 fully saturated rings. The molecule has 1 aliphatic heterocycles. The monoisotopic (exact) mass is 327 g/mol. The van der Waals surface area contributed by atoms with Crippen molar-refractivity contribution in [3.05, 3.63) is 18.2 Å². The second-order valence-electron chi connectivity index (χ2n) is 6.15. The first-order valence-corrected chi connectivity index (χ1v) is 9.29. The van der Waals surface area contributed by atoms with Gasteiger partial charge in [-0.05, 0) is 31.4 Å². The molecule has 22 heavy (non-hydrogen) atoms. The highest BCUT2D eigenvalue weighted by Gasteiger charge is 2.21. The Kier molecular flexibility index (Phi) is 5.69. The summed E-state index contributed by atoms with van der Waals surface area (Å²) in [6, 6.07) is 4.64. The first-order chi connectivity index (χ1) is 10.4. The minimum atomic E-state index is -3.53. The van der Waals surface area contributed by atoms with Gasteiger partial charge < -0.3 is 9.47 Å². The summed E-state index contributed by atoms with van der Waals surface area (Å²) in [6.45, 7) is 7.17. The summed E-state index contributed by atoms with van der Waals surface area (Å²) in [7, 11) is -3.53. The molecule has 1 heterocycles. The summed E-state index contributed by atoms with van der Waals surface area (Å²) in [4.78, 5) is 0.215. The van der Waals surface area contributed by atoms with Crippen LogP contribution < -0.4 is 14.2 Å². The van der Waals surface area contributed by atoms with E-state index >= 15 is 0 Å². The van der Waals surface area contributed by atoms with Gasteiger partial charge in [-0.3, -0.25) is 0 Å². The molecule has 5 nitrogen and oxygen atoms in total. The predicted molar refractivity (Wildman–Crippen MR) is 85.9 cm³/mol. The lowest BCUT2D eigenvalue weighted by Gasteiger charge is -2.20. The van der Waals surface area contributed by atoms with Crippen molar-refractivity contribution in [2.24, 2.45) is 5.92 Å². The van der Waals surface area contributed by atoms with Crippen LogP contribution in [-0.4, -0.2) is 27.7 Å². The molecule has 1 N–H and O–H groups in total. The van der Waals surface area contributed by atoms with Gasteiger partial charge in [0.15, 0.2) is 11.5 Å². The summed E-state index contributed by atoms with van der Waals surface area (Å²) < 4.78 is 38.4. The first kappa shape index (κ1) is 17.1. The van der Waals surface area contributed by atoms with Crippen LogP contribution in [0.25, 0.3) is 0 Å². The molecular formula is C16H25NO4S. The molecule has 0 unspecified atom stereocenters. The number of fused-ring (bicyclic) bond motifs is 1. The van der Waals surface area contributed by atoms with Gasteiger partial charge in [-0.1, -0.05) is 26.7 Å². The van der Waals surface area contributed by atoms with Gasteiger partial charge in [-0.2, -0.15) is 0 Å². The summed E-state index contributed by atoms with van der Waals surface area (Å²) >= 11 is 0. The van der Waals surface area contributed by atoms with E-state index in [1.54, 1.807) is 12.1 Å². The van der Waals surface area contributed by atoms with Crippen LogP contribution in [0.5, 0.6) is 11.5 Å². The molecular weight excluding hydrogens is 302 g/mol. The standard InChI is InChI=1S/C16H25NO4S/c1-12(2)5-4-6-13(3)17-22(18,19)14-7-8-15-16(11-14)21-10-9-20-15/h7-8,11-13,17H,4-6,9-10H2,1-3H3/t13-/m1/s1. The average Bonchev–Trinajstić information content (AvgIpc) is 2.45. The molecule has 1 aromatic rings. The molecule has 1 aliphatic rings. The van der Waals surface area contributed by atoms with Gasteiger partial charge in [0, 0.05) is 12.1 Å². The Morgan fingerprint density at radius 1 is 1.09 bits per heavy atom. The lowest BCUT2D eigenvalue weighted by atomic mass is 10.0. The molecule has 6 heteroatoms. The largest absolute Gasteiger partial charge is 0.486 e. The molecule has 0 bridgehead atoms. The van der Waals surface area contributed by atoms with Crippen LogP contribution >= 0.6 is 0 Å². The number of hydrogen-bond donors (Lipinski definition) is 1. The first-order valence-electron chi connectivity index (χ1n) is 7.80. The fraction of sp³-hybridized carbons (Fsp3) is 0.625. The third kappa shape index (κ3) is 4.61. The van der Waals surface area contributed by atoms with E-state index in [2.05, 4.69) is 18.6 Å². The van der Waals surface area contributed by atoms with Crippen LogP contribution in [0.15, 0.2) is 23.1 Å². The van der Waals surface area contributed by atoms with Crippen molar-refractivity contribution in [3.8, 4) is 11.5 Å². The third-order valence-corrected chi connectivity index (χ3v) is 5.19. The summed E-state index contributed by atoms with van der Waals surface area (Å²) in [5.41, 5.74) is 0. The molecule has 0 amide bonds. The Morgan fingerprint density at radius 2 is 1.77 bits per heavy atom. The fourth-order valence-electron chi connectivity index (χ4n) is 2.41. The summed E-state index contributed by atoms with van der Waals surface area (Å²) in [5, 5.41) is 0. The van der Waals surface area contributed by atoms with E-state index in [-0.39, 0.29) is 10.9 Å². The Labute approximate surface area is 133 Å². The second-order valence-corrected chi connectivity index (χ2v) is 7.87.